The molecular weight excluding hydrogens is 539 g/mol. The van der Waals surface area contributed by atoms with E-state index in [4.69, 9.17) is 0 Å². The Morgan fingerprint density at radius 2 is 1.67 bits per heavy atom. The van der Waals surface area contributed by atoms with Crippen molar-refractivity contribution >= 4 is 39.5 Å². The van der Waals surface area contributed by atoms with Crippen LogP contribution in [0.15, 0.2) is 83.3 Å². The Kier molecular flexibility index (Phi) is 11.0. The SMILES string of the molecule is CC[C@H](C)NC(=O)[C@H](Cc1ccccc1)N(Cc1cccc(Br)c1)C(=O)CSCc1ccc(F)cc1. The van der Waals surface area contributed by atoms with Gasteiger partial charge in [0.2, 0.25) is 11.8 Å². The number of nitrogens with zero attached hydrogens (tertiary/aromatic N) is 1. The zero-order chi connectivity index (χ0) is 25.9. The van der Waals surface area contributed by atoms with Gasteiger partial charge in [0.25, 0.3) is 0 Å². The molecule has 0 fully saturated rings. The number of thioether (sulfide) groups is 1. The summed E-state index contributed by atoms with van der Waals surface area (Å²) in [7, 11) is 0. The van der Waals surface area contributed by atoms with Gasteiger partial charge < -0.3 is 10.2 Å². The van der Waals surface area contributed by atoms with Crippen LogP contribution in [0.3, 0.4) is 0 Å². The van der Waals surface area contributed by atoms with Crippen molar-refractivity contribution in [1.82, 2.24) is 10.2 Å². The number of hydrogen-bond donors (Lipinski definition) is 1. The van der Waals surface area contributed by atoms with Crippen LogP contribution in [0, 0.1) is 5.82 Å². The lowest BCUT2D eigenvalue weighted by Gasteiger charge is -2.32. The highest BCUT2D eigenvalue weighted by molar-refractivity contribution is 9.10. The zero-order valence-corrected chi connectivity index (χ0v) is 23.0. The molecule has 0 saturated carbocycles. The molecule has 7 heteroatoms. The predicted molar refractivity (Wildman–Crippen MR) is 149 cm³/mol. The zero-order valence-electron chi connectivity index (χ0n) is 20.6. The number of carbonyl (C=O) groups excluding carboxylic acids is 2. The topological polar surface area (TPSA) is 49.4 Å². The lowest BCUT2D eigenvalue weighted by molar-refractivity contribution is -0.139. The summed E-state index contributed by atoms with van der Waals surface area (Å²) in [5, 5.41) is 3.09. The van der Waals surface area contributed by atoms with E-state index in [0.717, 1.165) is 27.6 Å². The highest BCUT2D eigenvalue weighted by atomic mass is 79.9. The molecule has 0 aliphatic heterocycles. The molecule has 3 aromatic rings. The maximum atomic E-state index is 13.6. The van der Waals surface area contributed by atoms with Crippen molar-refractivity contribution in [3.05, 3.63) is 106 Å². The number of benzene rings is 3. The molecule has 0 heterocycles. The van der Waals surface area contributed by atoms with Gasteiger partial charge in [-0.3, -0.25) is 9.59 Å². The predicted octanol–water partition coefficient (Wildman–Crippen LogP) is 6.38. The lowest BCUT2D eigenvalue weighted by Crippen LogP contribution is -2.52. The third kappa shape index (κ3) is 8.79. The molecular formula is C29H32BrFN2O2S. The Bertz CT molecular complexity index is 1130. The Morgan fingerprint density at radius 1 is 0.972 bits per heavy atom. The first-order chi connectivity index (χ1) is 17.4. The quantitative estimate of drug-likeness (QED) is 0.275. The molecule has 0 spiro atoms. The van der Waals surface area contributed by atoms with Gasteiger partial charge in [0.05, 0.1) is 5.75 Å². The third-order valence-electron chi connectivity index (χ3n) is 5.92. The summed E-state index contributed by atoms with van der Waals surface area (Å²) in [6.45, 7) is 4.31. The maximum absolute atomic E-state index is 13.6. The van der Waals surface area contributed by atoms with E-state index in [-0.39, 0.29) is 29.4 Å². The normalized spacial score (nSPS) is 12.6. The van der Waals surface area contributed by atoms with E-state index in [2.05, 4.69) is 21.2 Å². The van der Waals surface area contributed by atoms with E-state index in [9.17, 15) is 14.0 Å². The van der Waals surface area contributed by atoms with E-state index in [0.29, 0.717) is 18.7 Å². The van der Waals surface area contributed by atoms with Crippen LogP contribution < -0.4 is 5.32 Å². The van der Waals surface area contributed by atoms with Gasteiger partial charge in [-0.15, -0.1) is 11.8 Å². The number of amides is 2. The van der Waals surface area contributed by atoms with Gasteiger partial charge in [-0.05, 0) is 54.3 Å². The van der Waals surface area contributed by atoms with Gasteiger partial charge in [0.15, 0.2) is 0 Å². The fraction of sp³-hybridized carbons (Fsp3) is 0.310. The van der Waals surface area contributed by atoms with Crippen molar-refractivity contribution in [3.8, 4) is 0 Å². The summed E-state index contributed by atoms with van der Waals surface area (Å²) in [4.78, 5) is 28.8. The summed E-state index contributed by atoms with van der Waals surface area (Å²) in [6, 6.07) is 23.2. The number of hydrogen-bond acceptors (Lipinski definition) is 3. The fourth-order valence-electron chi connectivity index (χ4n) is 3.75. The van der Waals surface area contributed by atoms with Gasteiger partial charge in [-0.2, -0.15) is 0 Å². The second-order valence-electron chi connectivity index (χ2n) is 8.79. The van der Waals surface area contributed by atoms with Crippen LogP contribution in [-0.4, -0.2) is 34.6 Å². The Hall–Kier alpha value is -2.64. The molecule has 190 valence electrons. The van der Waals surface area contributed by atoms with Crippen molar-refractivity contribution in [3.63, 3.8) is 0 Å². The largest absolute Gasteiger partial charge is 0.352 e. The molecule has 3 rings (SSSR count). The minimum atomic E-state index is -0.653. The third-order valence-corrected chi connectivity index (χ3v) is 7.40. The first-order valence-electron chi connectivity index (χ1n) is 12.1. The molecule has 3 aromatic carbocycles. The van der Waals surface area contributed by atoms with Crippen molar-refractivity contribution in [1.29, 1.82) is 0 Å². The monoisotopic (exact) mass is 570 g/mol. The minimum absolute atomic E-state index is 0.00597. The first-order valence-corrected chi connectivity index (χ1v) is 14.0. The summed E-state index contributed by atoms with van der Waals surface area (Å²) in [5.41, 5.74) is 2.88. The van der Waals surface area contributed by atoms with Crippen molar-refractivity contribution in [2.45, 2.75) is 51.1 Å². The standard InChI is InChI=1S/C29H32BrFN2O2S/c1-3-21(2)32-29(35)27(17-22-8-5-4-6-9-22)33(18-24-10-7-11-25(30)16-24)28(34)20-36-19-23-12-14-26(31)15-13-23/h4-16,21,27H,3,17-20H2,1-2H3,(H,32,35)/t21-,27-/m0/s1. The molecule has 1 N–H and O–H groups in total. The van der Waals surface area contributed by atoms with Gasteiger partial charge in [0, 0.05) is 29.2 Å². The number of nitrogens with one attached hydrogen (secondary N) is 1. The molecule has 0 aromatic heterocycles. The molecule has 2 atom stereocenters. The molecule has 0 bridgehead atoms. The summed E-state index contributed by atoms with van der Waals surface area (Å²) < 4.78 is 14.1. The van der Waals surface area contributed by atoms with E-state index in [1.807, 2.05) is 68.4 Å². The van der Waals surface area contributed by atoms with Crippen LogP contribution in [0.1, 0.15) is 37.0 Å². The van der Waals surface area contributed by atoms with Gasteiger partial charge in [-0.1, -0.05) is 77.5 Å². The van der Waals surface area contributed by atoms with Crippen LogP contribution in [0.4, 0.5) is 4.39 Å². The van der Waals surface area contributed by atoms with Gasteiger partial charge in [0.1, 0.15) is 11.9 Å². The highest BCUT2D eigenvalue weighted by Gasteiger charge is 2.30. The summed E-state index contributed by atoms with van der Waals surface area (Å²) >= 11 is 4.97. The Balaban J connectivity index is 1.85. The first kappa shape index (κ1) is 27.9. The average Bonchev–Trinajstić information content (AvgIpc) is 2.87. The van der Waals surface area contributed by atoms with E-state index >= 15 is 0 Å². The number of halogens is 2. The molecule has 0 unspecified atom stereocenters. The van der Waals surface area contributed by atoms with Crippen molar-refractivity contribution in [2.75, 3.05) is 5.75 Å². The molecule has 2 amide bonds. The lowest BCUT2D eigenvalue weighted by atomic mass is 10.0. The van der Waals surface area contributed by atoms with Crippen LogP contribution >= 0.6 is 27.7 Å². The average molecular weight is 572 g/mol. The molecule has 4 nitrogen and oxygen atoms in total. The molecule has 0 aliphatic rings. The highest BCUT2D eigenvalue weighted by Crippen LogP contribution is 2.20. The Labute approximate surface area is 225 Å². The van der Waals surface area contributed by atoms with Gasteiger partial charge in [-0.25, -0.2) is 4.39 Å². The molecule has 36 heavy (non-hydrogen) atoms. The minimum Gasteiger partial charge on any atom is -0.352 e. The van der Waals surface area contributed by atoms with Crippen molar-refractivity contribution < 1.29 is 14.0 Å². The van der Waals surface area contributed by atoms with Gasteiger partial charge >= 0.3 is 0 Å². The molecule has 0 saturated heterocycles. The maximum Gasteiger partial charge on any atom is 0.243 e. The number of carbonyl (C=O) groups is 2. The van der Waals surface area contributed by atoms with Crippen LogP contribution in [0.25, 0.3) is 0 Å². The molecule has 0 radical (unpaired) electrons. The van der Waals surface area contributed by atoms with E-state index in [1.54, 1.807) is 17.0 Å². The Morgan fingerprint density at radius 3 is 2.33 bits per heavy atom. The fourth-order valence-corrected chi connectivity index (χ4v) is 5.06. The van der Waals surface area contributed by atoms with E-state index < -0.39 is 6.04 Å². The van der Waals surface area contributed by atoms with Crippen molar-refractivity contribution in [2.24, 2.45) is 0 Å². The van der Waals surface area contributed by atoms with Crippen LogP contribution in [0.5, 0.6) is 0 Å². The number of rotatable bonds is 12. The second kappa shape index (κ2) is 14.2. The molecule has 0 aliphatic carbocycles. The van der Waals surface area contributed by atoms with E-state index in [1.165, 1.54) is 23.9 Å². The summed E-state index contributed by atoms with van der Waals surface area (Å²) in [5.74, 6) is 0.255. The summed E-state index contributed by atoms with van der Waals surface area (Å²) in [6.07, 6.45) is 1.22. The van der Waals surface area contributed by atoms with Crippen LogP contribution in [0.2, 0.25) is 0 Å². The second-order valence-corrected chi connectivity index (χ2v) is 10.7. The van der Waals surface area contributed by atoms with Crippen LogP contribution in [-0.2, 0) is 28.3 Å². The smallest absolute Gasteiger partial charge is 0.243 e.